The monoisotopic (exact) mass is 242 g/mol. The van der Waals surface area contributed by atoms with E-state index in [4.69, 9.17) is 5.73 Å². The molecule has 0 aliphatic rings. The highest BCUT2D eigenvalue weighted by molar-refractivity contribution is 7.89. The van der Waals surface area contributed by atoms with Gasteiger partial charge in [-0.3, -0.25) is 0 Å². The molecule has 0 aromatic heterocycles. The summed E-state index contributed by atoms with van der Waals surface area (Å²) in [6.45, 7) is 4.18. The predicted molar refractivity (Wildman–Crippen MR) is 64.4 cm³/mol. The highest BCUT2D eigenvalue weighted by Gasteiger charge is 2.15. The molecule has 16 heavy (non-hydrogen) atoms. The Kier molecular flexibility index (Phi) is 4.46. The van der Waals surface area contributed by atoms with Crippen molar-refractivity contribution in [3.8, 4) is 0 Å². The molecule has 0 bridgehead atoms. The molecule has 1 atom stereocenters. The van der Waals surface area contributed by atoms with Gasteiger partial charge in [0.05, 0.1) is 4.90 Å². The van der Waals surface area contributed by atoms with Gasteiger partial charge in [0.25, 0.3) is 0 Å². The third-order valence-corrected chi connectivity index (χ3v) is 3.86. The van der Waals surface area contributed by atoms with Crippen molar-refractivity contribution in [2.45, 2.75) is 24.8 Å². The van der Waals surface area contributed by atoms with Crippen LogP contribution in [0.2, 0.25) is 0 Å². The van der Waals surface area contributed by atoms with Crippen LogP contribution in [-0.4, -0.2) is 21.0 Å². The van der Waals surface area contributed by atoms with Crippen molar-refractivity contribution in [3.63, 3.8) is 0 Å². The molecular formula is C11H18N2O2S. The van der Waals surface area contributed by atoms with E-state index in [-0.39, 0.29) is 23.4 Å². The van der Waals surface area contributed by atoms with Crippen LogP contribution in [0.4, 0.5) is 0 Å². The van der Waals surface area contributed by atoms with E-state index in [0.717, 1.165) is 0 Å². The van der Waals surface area contributed by atoms with Gasteiger partial charge in [0.1, 0.15) is 0 Å². The summed E-state index contributed by atoms with van der Waals surface area (Å²) in [5, 5.41) is 0. The second-order valence-corrected chi connectivity index (χ2v) is 5.84. The quantitative estimate of drug-likeness (QED) is 0.807. The maximum absolute atomic E-state index is 11.8. The van der Waals surface area contributed by atoms with Gasteiger partial charge in [-0.25, -0.2) is 13.1 Å². The molecule has 1 aromatic rings. The van der Waals surface area contributed by atoms with Gasteiger partial charge < -0.3 is 5.73 Å². The minimum atomic E-state index is -3.42. The first-order chi connectivity index (χ1) is 7.43. The maximum Gasteiger partial charge on any atom is 0.240 e. The van der Waals surface area contributed by atoms with Crippen LogP contribution in [0.15, 0.2) is 35.2 Å². The van der Waals surface area contributed by atoms with Crippen LogP contribution in [0.25, 0.3) is 0 Å². The van der Waals surface area contributed by atoms with Gasteiger partial charge in [0, 0.05) is 12.6 Å². The smallest absolute Gasteiger partial charge is 0.240 e. The van der Waals surface area contributed by atoms with Gasteiger partial charge in [-0.1, -0.05) is 32.0 Å². The first-order valence-electron chi connectivity index (χ1n) is 5.24. The van der Waals surface area contributed by atoms with Crippen LogP contribution < -0.4 is 10.5 Å². The predicted octanol–water partition coefficient (Wildman–Crippen LogP) is 0.948. The van der Waals surface area contributed by atoms with E-state index >= 15 is 0 Å². The van der Waals surface area contributed by atoms with Gasteiger partial charge >= 0.3 is 0 Å². The normalized spacial score (nSPS) is 14.0. The zero-order chi connectivity index (χ0) is 12.2. The summed E-state index contributed by atoms with van der Waals surface area (Å²) in [7, 11) is -3.42. The third kappa shape index (κ3) is 3.59. The molecule has 0 heterocycles. The molecule has 5 heteroatoms. The Hall–Kier alpha value is -0.910. The number of nitrogens with one attached hydrogen (secondary N) is 1. The van der Waals surface area contributed by atoms with Crippen molar-refractivity contribution in [2.24, 2.45) is 11.7 Å². The Morgan fingerprint density at radius 1 is 1.25 bits per heavy atom. The first-order valence-corrected chi connectivity index (χ1v) is 6.72. The fourth-order valence-electron chi connectivity index (χ4n) is 1.12. The van der Waals surface area contributed by atoms with E-state index in [0.29, 0.717) is 0 Å². The molecule has 0 saturated carbocycles. The van der Waals surface area contributed by atoms with Gasteiger partial charge in [0.2, 0.25) is 10.0 Å². The van der Waals surface area contributed by atoms with Crippen LogP contribution in [0.3, 0.4) is 0 Å². The molecule has 0 spiro atoms. The molecule has 0 amide bonds. The molecule has 3 N–H and O–H groups in total. The lowest BCUT2D eigenvalue weighted by Crippen LogP contribution is -2.40. The number of benzene rings is 1. The average molecular weight is 242 g/mol. The molecule has 1 rings (SSSR count). The lowest BCUT2D eigenvalue weighted by molar-refractivity contribution is 0.481. The van der Waals surface area contributed by atoms with Crippen molar-refractivity contribution in [2.75, 3.05) is 6.54 Å². The Balaban J connectivity index is 2.67. The summed E-state index contributed by atoms with van der Waals surface area (Å²) in [6.07, 6.45) is 0. The van der Waals surface area contributed by atoms with E-state index in [1.807, 2.05) is 13.8 Å². The van der Waals surface area contributed by atoms with Crippen molar-refractivity contribution >= 4 is 10.0 Å². The number of nitrogens with two attached hydrogens (primary N) is 1. The Morgan fingerprint density at radius 2 is 1.81 bits per heavy atom. The Labute approximate surface area is 96.9 Å². The molecule has 1 unspecified atom stereocenters. The average Bonchev–Trinajstić information content (AvgIpc) is 2.27. The fraction of sp³-hybridized carbons (Fsp3) is 0.455. The highest BCUT2D eigenvalue weighted by Crippen LogP contribution is 2.07. The second kappa shape index (κ2) is 5.43. The van der Waals surface area contributed by atoms with Crippen LogP contribution >= 0.6 is 0 Å². The summed E-state index contributed by atoms with van der Waals surface area (Å²) in [5.41, 5.74) is 5.77. The minimum Gasteiger partial charge on any atom is -0.326 e. The maximum atomic E-state index is 11.8. The number of sulfonamides is 1. The number of hydrogen-bond donors (Lipinski definition) is 2. The summed E-state index contributed by atoms with van der Waals surface area (Å²) in [5.74, 6) is 0.249. The number of rotatable bonds is 5. The molecule has 0 radical (unpaired) electrons. The molecule has 0 aliphatic heterocycles. The van der Waals surface area contributed by atoms with E-state index < -0.39 is 10.0 Å². The fourth-order valence-corrected chi connectivity index (χ4v) is 2.22. The Bertz CT molecular complexity index is 415. The number of hydrogen-bond acceptors (Lipinski definition) is 3. The van der Waals surface area contributed by atoms with E-state index in [9.17, 15) is 8.42 Å². The van der Waals surface area contributed by atoms with Crippen LogP contribution in [0, 0.1) is 5.92 Å². The zero-order valence-corrected chi connectivity index (χ0v) is 10.4. The van der Waals surface area contributed by atoms with Crippen molar-refractivity contribution in [1.29, 1.82) is 0 Å². The van der Waals surface area contributed by atoms with Gasteiger partial charge in [-0.05, 0) is 18.1 Å². The van der Waals surface area contributed by atoms with Gasteiger partial charge in [-0.15, -0.1) is 0 Å². The van der Waals surface area contributed by atoms with Crippen molar-refractivity contribution < 1.29 is 8.42 Å². The summed E-state index contributed by atoms with van der Waals surface area (Å²) in [6, 6.07) is 8.11. The highest BCUT2D eigenvalue weighted by atomic mass is 32.2. The molecule has 0 aliphatic carbocycles. The summed E-state index contributed by atoms with van der Waals surface area (Å²) in [4.78, 5) is 0.269. The first kappa shape index (κ1) is 13.2. The molecule has 90 valence electrons. The summed E-state index contributed by atoms with van der Waals surface area (Å²) >= 11 is 0. The zero-order valence-electron chi connectivity index (χ0n) is 9.55. The standard InChI is InChI=1S/C11H18N2O2S/c1-9(2)11(12)8-13-16(14,15)10-6-4-3-5-7-10/h3-7,9,11,13H,8,12H2,1-2H3. The Morgan fingerprint density at radius 3 is 2.31 bits per heavy atom. The topological polar surface area (TPSA) is 72.2 Å². The van der Waals surface area contributed by atoms with Crippen molar-refractivity contribution in [3.05, 3.63) is 30.3 Å². The molecule has 0 saturated heterocycles. The van der Waals surface area contributed by atoms with Crippen LogP contribution in [0.1, 0.15) is 13.8 Å². The van der Waals surface area contributed by atoms with Crippen molar-refractivity contribution in [1.82, 2.24) is 4.72 Å². The SMILES string of the molecule is CC(C)C(N)CNS(=O)(=O)c1ccccc1. The van der Waals surface area contributed by atoms with E-state index in [1.54, 1.807) is 30.3 Å². The second-order valence-electron chi connectivity index (χ2n) is 4.07. The van der Waals surface area contributed by atoms with E-state index in [1.165, 1.54) is 0 Å². The lowest BCUT2D eigenvalue weighted by Gasteiger charge is -2.16. The molecular weight excluding hydrogens is 224 g/mol. The largest absolute Gasteiger partial charge is 0.326 e. The molecule has 4 nitrogen and oxygen atoms in total. The third-order valence-electron chi connectivity index (χ3n) is 2.42. The van der Waals surface area contributed by atoms with Crippen LogP contribution in [0.5, 0.6) is 0 Å². The minimum absolute atomic E-state index is 0.168. The molecule has 1 aromatic carbocycles. The van der Waals surface area contributed by atoms with E-state index in [2.05, 4.69) is 4.72 Å². The van der Waals surface area contributed by atoms with Gasteiger partial charge in [-0.2, -0.15) is 0 Å². The lowest BCUT2D eigenvalue weighted by atomic mass is 10.1. The van der Waals surface area contributed by atoms with Crippen LogP contribution in [-0.2, 0) is 10.0 Å². The summed E-state index contributed by atoms with van der Waals surface area (Å²) < 4.78 is 26.1. The molecule has 0 fully saturated rings. The van der Waals surface area contributed by atoms with Gasteiger partial charge in [0.15, 0.2) is 0 Å².